The van der Waals surface area contributed by atoms with E-state index in [1.165, 1.54) is 12.4 Å². The zero-order valence-corrected chi connectivity index (χ0v) is 16.3. The minimum atomic E-state index is -0.334. The normalized spacial score (nSPS) is 10.4. The van der Waals surface area contributed by atoms with Gasteiger partial charge in [-0.3, -0.25) is 9.78 Å². The number of aromatic nitrogens is 1. The van der Waals surface area contributed by atoms with Crippen molar-refractivity contribution in [3.05, 3.63) is 93.7 Å². The first kappa shape index (κ1) is 19.3. The maximum absolute atomic E-state index is 11.9. The number of carbonyl (C=O) groups excluding carboxylic acids is 1. The summed E-state index contributed by atoms with van der Waals surface area (Å²) >= 11 is 3.47. The van der Waals surface area contributed by atoms with Crippen LogP contribution in [0.25, 0.3) is 0 Å². The molecule has 6 nitrogen and oxygen atoms in total. The minimum absolute atomic E-state index is 0.289. The first-order chi connectivity index (χ1) is 13.7. The van der Waals surface area contributed by atoms with Crippen molar-refractivity contribution in [3.8, 4) is 11.8 Å². The standard InChI is InChI=1S/C21H15BrN4O2/c22-19-10-15(12-25-26-21(27)17-6-3-9-24-13-17)7-8-20(19)28-14-18-5-2-1-4-16(18)11-23/h1-10,12-13H,14H2,(H,26,27). The summed E-state index contributed by atoms with van der Waals surface area (Å²) in [5.74, 6) is 0.309. The van der Waals surface area contributed by atoms with Crippen LogP contribution in [0.5, 0.6) is 5.75 Å². The number of halogens is 1. The molecule has 0 saturated heterocycles. The van der Waals surface area contributed by atoms with Crippen LogP contribution >= 0.6 is 15.9 Å². The fraction of sp³-hybridized carbons (Fsp3) is 0.0476. The number of hydrazone groups is 1. The molecule has 0 atom stereocenters. The van der Waals surface area contributed by atoms with Crippen molar-refractivity contribution in [1.82, 2.24) is 10.4 Å². The molecule has 1 amide bonds. The van der Waals surface area contributed by atoms with Crippen LogP contribution in [0.1, 0.15) is 27.0 Å². The van der Waals surface area contributed by atoms with E-state index in [1.807, 2.05) is 30.3 Å². The molecule has 1 heterocycles. The predicted octanol–water partition coefficient (Wildman–Crippen LogP) is 4.06. The second-order valence-electron chi connectivity index (χ2n) is 5.69. The highest BCUT2D eigenvalue weighted by Crippen LogP contribution is 2.26. The zero-order valence-electron chi connectivity index (χ0n) is 14.7. The molecule has 2 aromatic carbocycles. The highest BCUT2D eigenvalue weighted by Gasteiger charge is 2.06. The summed E-state index contributed by atoms with van der Waals surface area (Å²) in [5.41, 5.74) is 5.08. The molecule has 0 aliphatic rings. The Hall–Kier alpha value is -3.50. The lowest BCUT2D eigenvalue weighted by Crippen LogP contribution is -2.17. The molecule has 1 aromatic heterocycles. The third-order valence-corrected chi connectivity index (χ3v) is 4.40. The van der Waals surface area contributed by atoms with Gasteiger partial charge in [-0.1, -0.05) is 18.2 Å². The average molecular weight is 435 g/mol. The number of ether oxygens (including phenoxy) is 1. The van der Waals surface area contributed by atoms with E-state index in [9.17, 15) is 4.79 Å². The first-order valence-corrected chi connectivity index (χ1v) is 9.10. The Balaban J connectivity index is 1.61. The lowest BCUT2D eigenvalue weighted by molar-refractivity contribution is 0.0955. The van der Waals surface area contributed by atoms with Crippen molar-refractivity contribution in [2.75, 3.05) is 0 Å². The van der Waals surface area contributed by atoms with Crippen LogP contribution < -0.4 is 10.2 Å². The van der Waals surface area contributed by atoms with Crippen molar-refractivity contribution >= 4 is 28.1 Å². The molecule has 28 heavy (non-hydrogen) atoms. The van der Waals surface area contributed by atoms with Crippen LogP contribution in [0.3, 0.4) is 0 Å². The topological polar surface area (TPSA) is 87.4 Å². The lowest BCUT2D eigenvalue weighted by Gasteiger charge is -2.10. The van der Waals surface area contributed by atoms with Crippen LogP contribution in [-0.2, 0) is 6.61 Å². The molecule has 0 aliphatic carbocycles. The van der Waals surface area contributed by atoms with E-state index in [-0.39, 0.29) is 12.5 Å². The van der Waals surface area contributed by atoms with Crippen molar-refractivity contribution in [2.45, 2.75) is 6.61 Å². The molecule has 0 bridgehead atoms. The van der Waals surface area contributed by atoms with Gasteiger partial charge in [0.25, 0.3) is 5.91 Å². The number of nitriles is 1. The number of pyridine rings is 1. The number of carbonyl (C=O) groups is 1. The molecular weight excluding hydrogens is 420 g/mol. The molecule has 0 fully saturated rings. The van der Waals surface area contributed by atoms with Gasteiger partial charge >= 0.3 is 0 Å². The van der Waals surface area contributed by atoms with Gasteiger partial charge in [0.2, 0.25) is 0 Å². The summed E-state index contributed by atoms with van der Waals surface area (Å²) in [4.78, 5) is 15.8. The second-order valence-corrected chi connectivity index (χ2v) is 6.54. The molecule has 3 aromatic rings. The molecule has 0 spiro atoms. The fourth-order valence-electron chi connectivity index (χ4n) is 2.35. The maximum atomic E-state index is 11.9. The summed E-state index contributed by atoms with van der Waals surface area (Å²) in [6.45, 7) is 0.289. The number of hydrogen-bond acceptors (Lipinski definition) is 5. The molecule has 0 saturated carbocycles. The van der Waals surface area contributed by atoms with Crippen LogP contribution in [0.15, 0.2) is 76.6 Å². The highest BCUT2D eigenvalue weighted by molar-refractivity contribution is 9.10. The Morgan fingerprint density at radius 3 is 2.86 bits per heavy atom. The van der Waals surface area contributed by atoms with Gasteiger partial charge in [-0.15, -0.1) is 0 Å². The van der Waals surface area contributed by atoms with Crippen molar-refractivity contribution in [1.29, 1.82) is 5.26 Å². The van der Waals surface area contributed by atoms with Gasteiger partial charge in [0, 0.05) is 18.0 Å². The van der Waals surface area contributed by atoms with Crippen molar-refractivity contribution in [3.63, 3.8) is 0 Å². The van der Waals surface area contributed by atoms with E-state index in [1.54, 1.807) is 30.5 Å². The number of nitrogens with one attached hydrogen (secondary N) is 1. The second kappa shape index (κ2) is 9.44. The molecule has 0 unspecified atom stereocenters. The summed E-state index contributed by atoms with van der Waals surface area (Å²) < 4.78 is 6.54. The molecule has 3 rings (SSSR count). The zero-order chi connectivity index (χ0) is 19.8. The number of rotatable bonds is 6. The quantitative estimate of drug-likeness (QED) is 0.467. The number of amides is 1. The van der Waals surface area contributed by atoms with Gasteiger partial charge in [0.05, 0.1) is 27.9 Å². The Kier molecular flexibility index (Phi) is 6.50. The SMILES string of the molecule is N#Cc1ccccc1COc1ccc(C=NNC(=O)c2cccnc2)cc1Br. The van der Waals surface area contributed by atoms with E-state index in [0.29, 0.717) is 16.9 Å². The van der Waals surface area contributed by atoms with Crippen molar-refractivity contribution in [2.24, 2.45) is 5.10 Å². The van der Waals surface area contributed by atoms with Crippen molar-refractivity contribution < 1.29 is 9.53 Å². The Morgan fingerprint density at radius 1 is 1.25 bits per heavy atom. The third kappa shape index (κ3) is 5.02. The number of benzene rings is 2. The molecular formula is C21H15BrN4O2. The van der Waals surface area contributed by atoms with E-state index in [2.05, 4.69) is 37.5 Å². The van der Waals surface area contributed by atoms with Crippen LogP contribution in [-0.4, -0.2) is 17.1 Å². The van der Waals surface area contributed by atoms with Gasteiger partial charge < -0.3 is 4.74 Å². The van der Waals surface area contributed by atoms with Crippen LogP contribution in [0.2, 0.25) is 0 Å². The monoisotopic (exact) mass is 434 g/mol. The summed E-state index contributed by atoms with van der Waals surface area (Å²) in [6.07, 6.45) is 4.60. The average Bonchev–Trinajstić information content (AvgIpc) is 2.74. The summed E-state index contributed by atoms with van der Waals surface area (Å²) in [6, 6.07) is 18.2. The highest BCUT2D eigenvalue weighted by atomic mass is 79.9. The first-order valence-electron chi connectivity index (χ1n) is 8.31. The molecule has 0 aliphatic heterocycles. The number of nitrogens with zero attached hydrogens (tertiary/aromatic N) is 3. The van der Waals surface area contributed by atoms with Crippen LogP contribution in [0.4, 0.5) is 0 Å². The largest absolute Gasteiger partial charge is 0.488 e. The molecule has 0 radical (unpaired) electrons. The lowest BCUT2D eigenvalue weighted by atomic mass is 10.1. The van der Waals surface area contributed by atoms with E-state index in [0.717, 1.165) is 15.6 Å². The fourth-order valence-corrected chi connectivity index (χ4v) is 2.86. The van der Waals surface area contributed by atoms with Gasteiger partial charge in [0.15, 0.2) is 0 Å². The Morgan fingerprint density at radius 2 is 2.11 bits per heavy atom. The van der Waals surface area contributed by atoms with Gasteiger partial charge in [-0.05, 0) is 57.9 Å². The van der Waals surface area contributed by atoms with E-state index >= 15 is 0 Å². The third-order valence-electron chi connectivity index (χ3n) is 3.78. The van der Waals surface area contributed by atoms with Crippen LogP contribution in [0, 0.1) is 11.3 Å². The molecule has 1 N–H and O–H groups in total. The molecule has 7 heteroatoms. The Bertz CT molecular complexity index is 1050. The van der Waals surface area contributed by atoms with E-state index in [4.69, 9.17) is 10.00 Å². The predicted molar refractivity (Wildman–Crippen MR) is 109 cm³/mol. The summed E-state index contributed by atoms with van der Waals surface area (Å²) in [7, 11) is 0. The van der Waals surface area contributed by atoms with Gasteiger partial charge in [-0.25, -0.2) is 5.43 Å². The maximum Gasteiger partial charge on any atom is 0.272 e. The van der Waals surface area contributed by atoms with Gasteiger partial charge in [0.1, 0.15) is 12.4 Å². The summed E-state index contributed by atoms with van der Waals surface area (Å²) in [5, 5.41) is 13.1. The minimum Gasteiger partial charge on any atom is -0.488 e. The van der Waals surface area contributed by atoms with E-state index < -0.39 is 0 Å². The smallest absolute Gasteiger partial charge is 0.272 e. The van der Waals surface area contributed by atoms with Gasteiger partial charge in [-0.2, -0.15) is 10.4 Å². The Labute approximate surface area is 170 Å². The molecule has 138 valence electrons. The number of hydrogen-bond donors (Lipinski definition) is 1.